The third-order valence-electron chi connectivity index (χ3n) is 5.60. The van der Waals surface area contributed by atoms with E-state index in [1.54, 1.807) is 12.1 Å². The molecular formula is C26H24N2O6. The molecule has 174 valence electrons. The average Bonchev–Trinajstić information content (AvgIpc) is 3.18. The minimum atomic E-state index is -1.38. The zero-order chi connectivity index (χ0) is 23.9. The lowest BCUT2D eigenvalue weighted by Crippen LogP contribution is -2.48. The largest absolute Gasteiger partial charge is 0.480 e. The molecule has 2 amide bonds. The van der Waals surface area contributed by atoms with E-state index in [0.717, 1.165) is 27.8 Å². The molecule has 4 rings (SSSR count). The summed E-state index contributed by atoms with van der Waals surface area (Å²) in [4.78, 5) is 35.8. The highest BCUT2D eigenvalue weighted by Crippen LogP contribution is 2.44. The lowest BCUT2D eigenvalue weighted by Gasteiger charge is -2.18. The van der Waals surface area contributed by atoms with Crippen LogP contribution in [0.25, 0.3) is 11.1 Å². The smallest absolute Gasteiger partial charge is 0.407 e. The Kier molecular flexibility index (Phi) is 7.07. The number of hydrogen-bond acceptors (Lipinski definition) is 5. The summed E-state index contributed by atoms with van der Waals surface area (Å²) in [6.45, 7) is -0.254. The molecule has 0 radical (unpaired) electrons. The maximum absolute atomic E-state index is 12.4. The fourth-order valence-electron chi connectivity index (χ4n) is 3.94. The molecule has 3 aromatic rings. The summed E-state index contributed by atoms with van der Waals surface area (Å²) in [5.41, 5.74) is 5.08. The van der Waals surface area contributed by atoms with E-state index in [1.807, 2.05) is 66.7 Å². The van der Waals surface area contributed by atoms with Crippen LogP contribution in [-0.4, -0.2) is 42.5 Å². The first-order valence-electron chi connectivity index (χ1n) is 10.8. The Morgan fingerprint density at radius 3 is 2.00 bits per heavy atom. The highest BCUT2D eigenvalue weighted by atomic mass is 16.6. The van der Waals surface area contributed by atoms with Gasteiger partial charge in [-0.3, -0.25) is 0 Å². The first-order chi connectivity index (χ1) is 16.5. The summed E-state index contributed by atoms with van der Waals surface area (Å²) in [5, 5.41) is 14.1. The number of carboxylic acids is 1. The second-order valence-electron chi connectivity index (χ2n) is 7.80. The summed E-state index contributed by atoms with van der Waals surface area (Å²) in [6.07, 6.45) is -1.67. The van der Waals surface area contributed by atoms with E-state index >= 15 is 0 Å². The predicted octanol–water partition coefficient (Wildman–Crippen LogP) is 3.90. The predicted molar refractivity (Wildman–Crippen MR) is 124 cm³/mol. The van der Waals surface area contributed by atoms with E-state index in [1.165, 1.54) is 0 Å². The van der Waals surface area contributed by atoms with Gasteiger partial charge in [-0.05, 0) is 27.8 Å². The van der Waals surface area contributed by atoms with Crippen molar-refractivity contribution < 1.29 is 29.0 Å². The third kappa shape index (κ3) is 5.35. The maximum Gasteiger partial charge on any atom is 0.407 e. The number of alkyl carbamates (subject to hydrolysis) is 2. The first-order valence-corrected chi connectivity index (χ1v) is 10.8. The van der Waals surface area contributed by atoms with Gasteiger partial charge in [0.1, 0.15) is 19.3 Å². The zero-order valence-corrected chi connectivity index (χ0v) is 18.3. The molecule has 1 atom stereocenters. The van der Waals surface area contributed by atoms with E-state index in [-0.39, 0.29) is 25.7 Å². The summed E-state index contributed by atoms with van der Waals surface area (Å²) in [7, 11) is 0. The number of carbonyl (C=O) groups is 3. The number of rotatable bonds is 8. The number of hydrogen-bond donors (Lipinski definition) is 3. The van der Waals surface area contributed by atoms with Gasteiger partial charge < -0.3 is 25.2 Å². The van der Waals surface area contributed by atoms with Gasteiger partial charge in [-0.25, -0.2) is 14.4 Å². The van der Waals surface area contributed by atoms with Crippen molar-refractivity contribution in [2.45, 2.75) is 18.6 Å². The monoisotopic (exact) mass is 460 g/mol. The first kappa shape index (κ1) is 22.8. The van der Waals surface area contributed by atoms with Crippen LogP contribution in [0.1, 0.15) is 22.6 Å². The van der Waals surface area contributed by atoms with Crippen LogP contribution in [0, 0.1) is 0 Å². The van der Waals surface area contributed by atoms with Crippen LogP contribution in [0.4, 0.5) is 9.59 Å². The highest BCUT2D eigenvalue weighted by Gasteiger charge is 2.29. The maximum atomic E-state index is 12.4. The topological polar surface area (TPSA) is 114 Å². The minimum absolute atomic E-state index is 0.0459. The molecule has 0 saturated carbocycles. The van der Waals surface area contributed by atoms with Gasteiger partial charge in [-0.2, -0.15) is 0 Å². The molecule has 8 heteroatoms. The second kappa shape index (κ2) is 10.5. The normalized spacial score (nSPS) is 12.7. The number of amides is 2. The fraction of sp³-hybridized carbons (Fsp3) is 0.192. The van der Waals surface area contributed by atoms with Crippen LogP contribution in [0.2, 0.25) is 0 Å². The number of carbonyl (C=O) groups excluding carboxylic acids is 2. The molecular weight excluding hydrogens is 436 g/mol. The standard InChI is InChI=1S/C26H24N2O6/c29-24(30)23(14-27-25(31)33-15-17-8-2-1-3-9-17)28-26(32)34-16-22-20-12-6-4-10-18(20)19-11-5-7-13-21(19)22/h1-13,22-23H,14-16H2,(H,27,31)(H,28,32)(H,29,30)/t23-/m1/s1. The van der Waals surface area contributed by atoms with Crippen molar-refractivity contribution in [1.82, 2.24) is 10.6 Å². The Morgan fingerprint density at radius 1 is 0.794 bits per heavy atom. The Bertz CT molecular complexity index is 1140. The van der Waals surface area contributed by atoms with Gasteiger partial charge in [-0.1, -0.05) is 78.9 Å². The quantitative estimate of drug-likeness (QED) is 0.470. The van der Waals surface area contributed by atoms with Crippen LogP contribution in [-0.2, 0) is 20.9 Å². The number of fused-ring (bicyclic) bond motifs is 3. The molecule has 0 unspecified atom stereocenters. The number of ether oxygens (including phenoxy) is 2. The van der Waals surface area contributed by atoms with Crippen molar-refractivity contribution in [1.29, 1.82) is 0 Å². The second-order valence-corrected chi connectivity index (χ2v) is 7.80. The molecule has 0 spiro atoms. The van der Waals surface area contributed by atoms with E-state index in [4.69, 9.17) is 9.47 Å². The molecule has 0 aromatic heterocycles. The molecule has 0 heterocycles. The van der Waals surface area contributed by atoms with Gasteiger partial charge in [0.25, 0.3) is 0 Å². The van der Waals surface area contributed by atoms with Crippen molar-refractivity contribution >= 4 is 18.2 Å². The third-order valence-corrected chi connectivity index (χ3v) is 5.60. The van der Waals surface area contributed by atoms with Gasteiger partial charge in [0.05, 0.1) is 6.54 Å². The average molecular weight is 460 g/mol. The van der Waals surface area contributed by atoms with Gasteiger partial charge in [-0.15, -0.1) is 0 Å². The fourth-order valence-corrected chi connectivity index (χ4v) is 3.94. The number of carboxylic acid groups (broad SMARTS) is 1. The molecule has 1 aliphatic rings. The van der Waals surface area contributed by atoms with Crippen molar-refractivity contribution in [2.75, 3.05) is 13.2 Å². The molecule has 34 heavy (non-hydrogen) atoms. The zero-order valence-electron chi connectivity index (χ0n) is 18.3. The van der Waals surface area contributed by atoms with Gasteiger partial charge in [0.15, 0.2) is 0 Å². The molecule has 0 saturated heterocycles. The highest BCUT2D eigenvalue weighted by molar-refractivity contribution is 5.81. The van der Waals surface area contributed by atoms with Crippen LogP contribution >= 0.6 is 0 Å². The molecule has 0 aliphatic heterocycles. The van der Waals surface area contributed by atoms with E-state index in [9.17, 15) is 19.5 Å². The number of nitrogens with one attached hydrogen (secondary N) is 2. The minimum Gasteiger partial charge on any atom is -0.480 e. The molecule has 0 bridgehead atoms. The van der Waals surface area contributed by atoms with Crippen molar-refractivity contribution in [3.05, 3.63) is 95.6 Å². The molecule has 0 fully saturated rings. The van der Waals surface area contributed by atoms with Crippen LogP contribution < -0.4 is 10.6 Å². The number of benzene rings is 3. The van der Waals surface area contributed by atoms with Gasteiger partial charge in [0.2, 0.25) is 0 Å². The molecule has 8 nitrogen and oxygen atoms in total. The summed E-state index contributed by atoms with van der Waals surface area (Å²) < 4.78 is 10.4. The van der Waals surface area contributed by atoms with Crippen LogP contribution in [0.3, 0.4) is 0 Å². The summed E-state index contributed by atoms with van der Waals surface area (Å²) in [5.74, 6) is -1.45. The van der Waals surface area contributed by atoms with E-state index < -0.39 is 24.2 Å². The summed E-state index contributed by atoms with van der Waals surface area (Å²) in [6, 6.07) is 23.5. The molecule has 3 N–H and O–H groups in total. The Balaban J connectivity index is 1.29. The Hall–Kier alpha value is -4.33. The van der Waals surface area contributed by atoms with Gasteiger partial charge >= 0.3 is 18.2 Å². The van der Waals surface area contributed by atoms with Crippen molar-refractivity contribution in [2.24, 2.45) is 0 Å². The lowest BCUT2D eigenvalue weighted by atomic mass is 9.98. The van der Waals surface area contributed by atoms with E-state index in [2.05, 4.69) is 10.6 Å². The summed E-state index contributed by atoms with van der Waals surface area (Å²) >= 11 is 0. The van der Waals surface area contributed by atoms with Crippen molar-refractivity contribution in [3.8, 4) is 11.1 Å². The van der Waals surface area contributed by atoms with Crippen LogP contribution in [0.15, 0.2) is 78.9 Å². The van der Waals surface area contributed by atoms with Gasteiger partial charge in [0, 0.05) is 5.92 Å². The Labute approximate surface area is 196 Å². The van der Waals surface area contributed by atoms with E-state index in [0.29, 0.717) is 0 Å². The lowest BCUT2D eigenvalue weighted by molar-refractivity contribution is -0.139. The van der Waals surface area contributed by atoms with Crippen molar-refractivity contribution in [3.63, 3.8) is 0 Å². The van der Waals surface area contributed by atoms with Crippen LogP contribution in [0.5, 0.6) is 0 Å². The number of aliphatic carboxylic acids is 1. The molecule has 1 aliphatic carbocycles. The molecule has 3 aromatic carbocycles. The SMILES string of the molecule is O=C(NC[C@@H](NC(=O)OCC1c2ccccc2-c2ccccc21)C(=O)O)OCc1ccccc1. The Morgan fingerprint density at radius 2 is 1.38 bits per heavy atom.